The van der Waals surface area contributed by atoms with Crippen molar-refractivity contribution in [3.05, 3.63) is 23.8 Å². The number of ketones is 2. The number of Topliss-reactive ketones (excluding diaryl/α,β-unsaturated/α-hetero) is 1. The average molecular weight is 344 g/mol. The van der Waals surface area contributed by atoms with Gasteiger partial charge in [0.2, 0.25) is 0 Å². The quantitative estimate of drug-likeness (QED) is 0.767. The van der Waals surface area contributed by atoms with Crippen molar-refractivity contribution in [3.63, 3.8) is 0 Å². The van der Waals surface area contributed by atoms with Gasteiger partial charge in [0.05, 0.1) is 6.10 Å². The maximum Gasteiger partial charge on any atom is 0.178 e. The normalized spacial score (nSPS) is 51.4. The van der Waals surface area contributed by atoms with Crippen molar-refractivity contribution in [1.82, 2.24) is 0 Å². The van der Waals surface area contributed by atoms with E-state index in [0.29, 0.717) is 12.8 Å². The largest absolute Gasteiger partial charge is 0.393 e. The lowest BCUT2D eigenvalue weighted by atomic mass is 9.46. The highest BCUT2D eigenvalue weighted by Crippen LogP contribution is 2.66. The summed E-state index contributed by atoms with van der Waals surface area (Å²) in [5, 5.41) is 22.3. The minimum atomic E-state index is -1.32. The Labute approximate surface area is 149 Å². The monoisotopic (exact) mass is 344 g/mol. The van der Waals surface area contributed by atoms with E-state index in [1.807, 2.05) is 13.0 Å². The SMILES string of the molecule is CC(=O)C1(O)CC[C@H]2[C@@H]3CCC4=CC(=O)C=C[C@]4(C)C3[C@@H](O)C[C@@]21C. The van der Waals surface area contributed by atoms with Crippen molar-refractivity contribution < 1.29 is 19.8 Å². The number of carbonyl (C=O) groups is 2. The summed E-state index contributed by atoms with van der Waals surface area (Å²) in [5.74, 6) is 0.410. The lowest BCUT2D eigenvalue weighted by Crippen LogP contribution is -2.61. The lowest BCUT2D eigenvalue weighted by Gasteiger charge is -2.59. The maximum atomic E-state index is 12.2. The third-order valence-corrected chi connectivity index (χ3v) is 8.23. The molecule has 0 aromatic rings. The van der Waals surface area contributed by atoms with Gasteiger partial charge < -0.3 is 10.2 Å². The minimum Gasteiger partial charge on any atom is -0.393 e. The third-order valence-electron chi connectivity index (χ3n) is 8.23. The molecule has 3 fully saturated rings. The number of aliphatic hydroxyl groups is 2. The number of aliphatic hydroxyl groups excluding tert-OH is 1. The molecule has 0 aromatic carbocycles. The van der Waals surface area contributed by atoms with Crippen molar-refractivity contribution in [2.24, 2.45) is 28.6 Å². The van der Waals surface area contributed by atoms with Crippen LogP contribution in [-0.4, -0.2) is 33.5 Å². The molecule has 0 aromatic heterocycles. The first-order valence-corrected chi connectivity index (χ1v) is 9.49. The van der Waals surface area contributed by atoms with Crippen molar-refractivity contribution in [1.29, 1.82) is 0 Å². The predicted molar refractivity (Wildman–Crippen MR) is 93.6 cm³/mol. The van der Waals surface area contributed by atoms with Crippen molar-refractivity contribution in [2.75, 3.05) is 0 Å². The summed E-state index contributed by atoms with van der Waals surface area (Å²) in [7, 11) is 0. The van der Waals surface area contributed by atoms with E-state index >= 15 is 0 Å². The van der Waals surface area contributed by atoms with Gasteiger partial charge in [-0.2, -0.15) is 0 Å². The zero-order chi connectivity index (χ0) is 18.2. The van der Waals surface area contributed by atoms with Crippen LogP contribution in [0.4, 0.5) is 0 Å². The molecule has 2 unspecified atom stereocenters. The Bertz CT molecular complexity index is 707. The predicted octanol–water partition coefficient (Wildman–Crippen LogP) is 2.59. The van der Waals surface area contributed by atoms with E-state index in [0.717, 1.165) is 24.8 Å². The highest BCUT2D eigenvalue weighted by Gasteiger charge is 2.67. The molecular formula is C21H28O4. The molecule has 0 radical (unpaired) electrons. The summed E-state index contributed by atoms with van der Waals surface area (Å²) in [6.07, 6.45) is 8.32. The molecule has 4 aliphatic rings. The van der Waals surface area contributed by atoms with E-state index in [2.05, 4.69) is 6.92 Å². The number of hydrogen-bond donors (Lipinski definition) is 2. The van der Waals surface area contributed by atoms with Crippen molar-refractivity contribution in [2.45, 2.75) is 64.6 Å². The van der Waals surface area contributed by atoms with Crippen LogP contribution in [0.5, 0.6) is 0 Å². The van der Waals surface area contributed by atoms with E-state index in [4.69, 9.17) is 0 Å². The molecule has 0 heterocycles. The van der Waals surface area contributed by atoms with Crippen LogP contribution in [0.25, 0.3) is 0 Å². The average Bonchev–Trinajstić information content (AvgIpc) is 2.80. The van der Waals surface area contributed by atoms with Gasteiger partial charge in [0, 0.05) is 16.7 Å². The smallest absolute Gasteiger partial charge is 0.178 e. The number of fused-ring (bicyclic) bond motifs is 5. The molecular weight excluding hydrogens is 316 g/mol. The zero-order valence-electron chi connectivity index (χ0n) is 15.3. The number of allylic oxidation sites excluding steroid dienone is 4. The molecule has 0 spiro atoms. The van der Waals surface area contributed by atoms with Gasteiger partial charge in [-0.25, -0.2) is 0 Å². The lowest BCUT2D eigenvalue weighted by molar-refractivity contribution is -0.175. The molecule has 2 N–H and O–H groups in total. The summed E-state index contributed by atoms with van der Waals surface area (Å²) < 4.78 is 0. The molecule has 0 saturated heterocycles. The van der Waals surface area contributed by atoms with Crippen LogP contribution in [0, 0.1) is 28.6 Å². The summed E-state index contributed by atoms with van der Waals surface area (Å²) in [6, 6.07) is 0. The van der Waals surface area contributed by atoms with Gasteiger partial charge in [-0.15, -0.1) is 0 Å². The molecule has 7 atom stereocenters. The van der Waals surface area contributed by atoms with E-state index in [1.54, 1.807) is 12.2 Å². The fraction of sp³-hybridized carbons (Fsp3) is 0.714. The molecule has 4 heteroatoms. The Balaban J connectivity index is 1.76. The highest BCUT2D eigenvalue weighted by atomic mass is 16.3. The second kappa shape index (κ2) is 5.14. The van der Waals surface area contributed by atoms with Gasteiger partial charge in [0.1, 0.15) is 5.60 Å². The van der Waals surface area contributed by atoms with Crippen LogP contribution in [0.1, 0.15) is 52.9 Å². The topological polar surface area (TPSA) is 74.6 Å². The number of rotatable bonds is 1. The Hall–Kier alpha value is -1.26. The number of carbonyl (C=O) groups excluding carboxylic acids is 2. The number of hydrogen-bond acceptors (Lipinski definition) is 4. The van der Waals surface area contributed by atoms with Crippen LogP contribution in [0.15, 0.2) is 23.8 Å². The van der Waals surface area contributed by atoms with Crippen molar-refractivity contribution in [3.8, 4) is 0 Å². The molecule has 136 valence electrons. The van der Waals surface area contributed by atoms with Crippen molar-refractivity contribution >= 4 is 11.6 Å². The van der Waals surface area contributed by atoms with Crippen LogP contribution >= 0.6 is 0 Å². The van der Waals surface area contributed by atoms with E-state index in [1.165, 1.54) is 6.92 Å². The molecule has 4 aliphatic carbocycles. The summed E-state index contributed by atoms with van der Waals surface area (Å²) in [6.45, 7) is 5.61. The fourth-order valence-corrected chi connectivity index (χ4v) is 6.91. The molecule has 0 bridgehead atoms. The summed E-state index contributed by atoms with van der Waals surface area (Å²) >= 11 is 0. The van der Waals surface area contributed by atoms with Gasteiger partial charge in [-0.3, -0.25) is 9.59 Å². The van der Waals surface area contributed by atoms with E-state index in [-0.39, 0.29) is 34.7 Å². The Kier molecular flexibility index (Phi) is 3.53. The first-order chi connectivity index (χ1) is 11.6. The van der Waals surface area contributed by atoms with Crippen LogP contribution in [-0.2, 0) is 9.59 Å². The summed E-state index contributed by atoms with van der Waals surface area (Å²) in [5.41, 5.74) is -1.05. The molecule has 4 rings (SSSR count). The fourth-order valence-electron chi connectivity index (χ4n) is 6.91. The van der Waals surface area contributed by atoms with Gasteiger partial charge in [-0.05, 0) is 63.0 Å². The molecule has 3 saturated carbocycles. The Morgan fingerprint density at radius 3 is 2.68 bits per heavy atom. The summed E-state index contributed by atoms with van der Waals surface area (Å²) in [4.78, 5) is 24.0. The Morgan fingerprint density at radius 2 is 2.00 bits per heavy atom. The zero-order valence-corrected chi connectivity index (χ0v) is 15.3. The van der Waals surface area contributed by atoms with Crippen LogP contribution in [0.2, 0.25) is 0 Å². The molecule has 25 heavy (non-hydrogen) atoms. The standard InChI is InChI=1S/C21H28O4/c1-12(22)21(25)9-7-16-15-5-4-13-10-14(23)6-8-19(13,2)18(15)17(24)11-20(16,21)3/h6,8,10,15-18,24-25H,4-5,7,9,11H2,1-3H3/t15-,16-,17-,18?,19-,20-,21?/m0/s1. The van der Waals surface area contributed by atoms with Crippen LogP contribution in [0.3, 0.4) is 0 Å². The van der Waals surface area contributed by atoms with E-state index in [9.17, 15) is 19.8 Å². The van der Waals surface area contributed by atoms with Gasteiger partial charge in [-0.1, -0.05) is 25.5 Å². The second-order valence-corrected chi connectivity index (χ2v) is 9.17. The van der Waals surface area contributed by atoms with E-state index < -0.39 is 17.1 Å². The molecule has 0 aliphatic heterocycles. The molecule has 4 nitrogen and oxygen atoms in total. The molecule has 0 amide bonds. The van der Waals surface area contributed by atoms with Gasteiger partial charge in [0.25, 0.3) is 0 Å². The first kappa shape index (κ1) is 17.2. The highest BCUT2D eigenvalue weighted by molar-refractivity contribution is 6.01. The second-order valence-electron chi connectivity index (χ2n) is 9.17. The first-order valence-electron chi connectivity index (χ1n) is 9.49. The van der Waals surface area contributed by atoms with Crippen LogP contribution < -0.4 is 0 Å². The third kappa shape index (κ3) is 2.01. The maximum absolute atomic E-state index is 12.2. The Morgan fingerprint density at radius 1 is 1.28 bits per heavy atom. The van der Waals surface area contributed by atoms with Gasteiger partial charge >= 0.3 is 0 Å². The minimum absolute atomic E-state index is 0.0351. The van der Waals surface area contributed by atoms with Gasteiger partial charge in [0.15, 0.2) is 11.6 Å².